The Morgan fingerprint density at radius 1 is 1.47 bits per heavy atom. The van der Waals surface area contributed by atoms with Crippen LogP contribution in [0.2, 0.25) is 0 Å². The predicted octanol–water partition coefficient (Wildman–Crippen LogP) is 2.73. The molecule has 0 saturated heterocycles. The third kappa shape index (κ3) is 3.35. The zero-order valence-electron chi connectivity index (χ0n) is 8.90. The molecule has 1 rings (SSSR count). The van der Waals surface area contributed by atoms with Gasteiger partial charge in [0.1, 0.15) is 5.82 Å². The quantitative estimate of drug-likeness (QED) is 0.829. The summed E-state index contributed by atoms with van der Waals surface area (Å²) in [6, 6.07) is 6.29. The summed E-state index contributed by atoms with van der Waals surface area (Å²) < 4.78 is 12.9. The molecule has 2 nitrogen and oxygen atoms in total. The summed E-state index contributed by atoms with van der Waals surface area (Å²) in [5.74, 6) is -1.49. The monoisotopic (exact) mass is 210 g/mol. The highest BCUT2D eigenvalue weighted by atomic mass is 19.1. The Labute approximate surface area is 88.7 Å². The van der Waals surface area contributed by atoms with Gasteiger partial charge >= 0.3 is 5.97 Å². The van der Waals surface area contributed by atoms with E-state index in [2.05, 4.69) is 0 Å². The van der Waals surface area contributed by atoms with Crippen molar-refractivity contribution < 1.29 is 14.3 Å². The normalized spacial score (nSPS) is 14.6. The highest BCUT2D eigenvalue weighted by molar-refractivity contribution is 5.69. The number of rotatable bonds is 4. The SMILES string of the molecule is CC(Cc1cccc(F)c1)C(C)C(=O)O. The van der Waals surface area contributed by atoms with Crippen LogP contribution in [0.25, 0.3) is 0 Å². The van der Waals surface area contributed by atoms with E-state index in [9.17, 15) is 9.18 Å². The lowest BCUT2D eigenvalue weighted by Crippen LogP contribution is -2.19. The van der Waals surface area contributed by atoms with Crippen molar-refractivity contribution in [1.82, 2.24) is 0 Å². The van der Waals surface area contributed by atoms with Crippen LogP contribution < -0.4 is 0 Å². The molecule has 0 aliphatic rings. The third-order valence-corrected chi connectivity index (χ3v) is 2.69. The fourth-order valence-electron chi connectivity index (χ4n) is 1.46. The van der Waals surface area contributed by atoms with E-state index in [-0.39, 0.29) is 11.7 Å². The van der Waals surface area contributed by atoms with Gasteiger partial charge in [-0.2, -0.15) is 0 Å². The highest BCUT2D eigenvalue weighted by Gasteiger charge is 2.19. The van der Waals surface area contributed by atoms with E-state index in [1.807, 2.05) is 13.0 Å². The Bertz CT molecular complexity index is 349. The number of halogens is 1. The number of carboxylic acid groups (broad SMARTS) is 1. The molecular formula is C12H15FO2. The van der Waals surface area contributed by atoms with Crippen LogP contribution in [0.15, 0.2) is 24.3 Å². The summed E-state index contributed by atoms with van der Waals surface area (Å²) in [5.41, 5.74) is 0.843. The maximum atomic E-state index is 12.9. The Kier molecular flexibility index (Phi) is 3.83. The maximum absolute atomic E-state index is 12.9. The van der Waals surface area contributed by atoms with Crippen LogP contribution >= 0.6 is 0 Å². The predicted molar refractivity (Wildman–Crippen MR) is 56.1 cm³/mol. The van der Waals surface area contributed by atoms with Crippen molar-refractivity contribution in [2.75, 3.05) is 0 Å². The van der Waals surface area contributed by atoms with E-state index in [0.717, 1.165) is 5.56 Å². The first kappa shape index (κ1) is 11.7. The first-order valence-electron chi connectivity index (χ1n) is 4.98. The van der Waals surface area contributed by atoms with Crippen molar-refractivity contribution in [2.24, 2.45) is 11.8 Å². The lowest BCUT2D eigenvalue weighted by atomic mass is 9.90. The topological polar surface area (TPSA) is 37.3 Å². The number of benzene rings is 1. The minimum Gasteiger partial charge on any atom is -0.481 e. The highest BCUT2D eigenvalue weighted by Crippen LogP contribution is 2.17. The lowest BCUT2D eigenvalue weighted by Gasteiger charge is -2.15. The van der Waals surface area contributed by atoms with E-state index < -0.39 is 11.9 Å². The molecular weight excluding hydrogens is 195 g/mol. The van der Waals surface area contributed by atoms with E-state index in [4.69, 9.17) is 5.11 Å². The molecule has 0 aromatic heterocycles. The molecule has 2 atom stereocenters. The third-order valence-electron chi connectivity index (χ3n) is 2.69. The second kappa shape index (κ2) is 4.91. The Morgan fingerprint density at radius 2 is 2.13 bits per heavy atom. The second-order valence-electron chi connectivity index (χ2n) is 3.94. The van der Waals surface area contributed by atoms with Crippen molar-refractivity contribution in [3.8, 4) is 0 Å². The van der Waals surface area contributed by atoms with Crippen LogP contribution in [0.4, 0.5) is 4.39 Å². The Balaban J connectivity index is 2.66. The molecule has 0 heterocycles. The molecule has 0 fully saturated rings. The summed E-state index contributed by atoms with van der Waals surface area (Å²) in [6.45, 7) is 3.54. The standard InChI is InChI=1S/C12H15FO2/c1-8(9(2)12(14)15)6-10-4-3-5-11(13)7-10/h3-5,7-9H,6H2,1-2H3,(H,14,15). The Morgan fingerprint density at radius 3 is 2.67 bits per heavy atom. The van der Waals surface area contributed by atoms with Gasteiger partial charge in [-0.25, -0.2) is 4.39 Å². The minimum absolute atomic E-state index is 0.00398. The largest absolute Gasteiger partial charge is 0.481 e. The van der Waals surface area contributed by atoms with Crippen molar-refractivity contribution in [2.45, 2.75) is 20.3 Å². The smallest absolute Gasteiger partial charge is 0.306 e. The van der Waals surface area contributed by atoms with Crippen LogP contribution in [0.5, 0.6) is 0 Å². The number of hydrogen-bond donors (Lipinski definition) is 1. The van der Waals surface area contributed by atoms with Crippen molar-refractivity contribution in [3.63, 3.8) is 0 Å². The van der Waals surface area contributed by atoms with Gasteiger partial charge in [0.05, 0.1) is 5.92 Å². The molecule has 0 aliphatic carbocycles. The van der Waals surface area contributed by atoms with E-state index in [1.165, 1.54) is 12.1 Å². The lowest BCUT2D eigenvalue weighted by molar-refractivity contribution is -0.142. The van der Waals surface area contributed by atoms with Gasteiger partial charge in [0.25, 0.3) is 0 Å². The molecule has 1 N–H and O–H groups in total. The van der Waals surface area contributed by atoms with Crippen molar-refractivity contribution in [1.29, 1.82) is 0 Å². The van der Waals surface area contributed by atoms with Gasteiger partial charge in [0, 0.05) is 0 Å². The van der Waals surface area contributed by atoms with Crippen LogP contribution in [0.3, 0.4) is 0 Å². The number of carboxylic acids is 1. The summed E-state index contributed by atoms with van der Waals surface area (Å²) in [5, 5.41) is 8.81. The first-order valence-corrected chi connectivity index (χ1v) is 4.98. The molecule has 3 heteroatoms. The molecule has 0 aliphatic heterocycles. The summed E-state index contributed by atoms with van der Waals surface area (Å²) in [6.07, 6.45) is 0.589. The van der Waals surface area contributed by atoms with Gasteiger partial charge in [-0.1, -0.05) is 26.0 Å². The average Bonchev–Trinajstić information content (AvgIpc) is 2.16. The fourth-order valence-corrected chi connectivity index (χ4v) is 1.46. The number of aliphatic carboxylic acids is 1. The molecule has 82 valence electrons. The first-order chi connectivity index (χ1) is 7.00. The van der Waals surface area contributed by atoms with E-state index in [1.54, 1.807) is 13.0 Å². The molecule has 1 aromatic carbocycles. The Hall–Kier alpha value is -1.38. The van der Waals surface area contributed by atoms with E-state index in [0.29, 0.717) is 6.42 Å². The second-order valence-corrected chi connectivity index (χ2v) is 3.94. The molecule has 2 unspecified atom stereocenters. The molecule has 0 bridgehead atoms. The molecule has 1 aromatic rings. The molecule has 0 radical (unpaired) electrons. The van der Waals surface area contributed by atoms with Crippen LogP contribution in [-0.4, -0.2) is 11.1 Å². The molecule has 0 saturated carbocycles. The van der Waals surface area contributed by atoms with Crippen LogP contribution in [-0.2, 0) is 11.2 Å². The van der Waals surface area contributed by atoms with Gasteiger partial charge in [-0.05, 0) is 30.0 Å². The molecule has 0 amide bonds. The summed E-state index contributed by atoms with van der Waals surface area (Å²) in [7, 11) is 0. The van der Waals surface area contributed by atoms with Crippen molar-refractivity contribution >= 4 is 5.97 Å². The van der Waals surface area contributed by atoms with Gasteiger partial charge < -0.3 is 5.11 Å². The van der Waals surface area contributed by atoms with Gasteiger partial charge in [0.15, 0.2) is 0 Å². The van der Waals surface area contributed by atoms with Gasteiger partial charge in [0.2, 0.25) is 0 Å². The van der Waals surface area contributed by atoms with Crippen molar-refractivity contribution in [3.05, 3.63) is 35.6 Å². The van der Waals surface area contributed by atoms with E-state index >= 15 is 0 Å². The molecule has 0 spiro atoms. The minimum atomic E-state index is -0.807. The number of hydrogen-bond acceptors (Lipinski definition) is 1. The van der Waals surface area contributed by atoms with Crippen LogP contribution in [0, 0.1) is 17.7 Å². The van der Waals surface area contributed by atoms with Crippen LogP contribution in [0.1, 0.15) is 19.4 Å². The summed E-state index contributed by atoms with van der Waals surface area (Å²) in [4.78, 5) is 10.7. The average molecular weight is 210 g/mol. The zero-order chi connectivity index (χ0) is 11.4. The summed E-state index contributed by atoms with van der Waals surface area (Å²) >= 11 is 0. The molecule has 15 heavy (non-hydrogen) atoms. The van der Waals surface area contributed by atoms with Gasteiger partial charge in [-0.15, -0.1) is 0 Å². The zero-order valence-corrected chi connectivity index (χ0v) is 8.90. The van der Waals surface area contributed by atoms with Gasteiger partial charge in [-0.3, -0.25) is 4.79 Å². The fraction of sp³-hybridized carbons (Fsp3) is 0.417. The number of carbonyl (C=O) groups is 1. The maximum Gasteiger partial charge on any atom is 0.306 e.